The fourth-order valence-corrected chi connectivity index (χ4v) is 2.12. The minimum Gasteiger partial charge on any atom is -0.462 e. The molecule has 0 saturated heterocycles. The van der Waals surface area contributed by atoms with E-state index < -0.39 is 0 Å². The van der Waals surface area contributed by atoms with Crippen molar-refractivity contribution in [1.82, 2.24) is 0 Å². The second-order valence-electron chi connectivity index (χ2n) is 5.21. The highest BCUT2D eigenvalue weighted by atomic mass is 16.5. The van der Waals surface area contributed by atoms with Crippen molar-refractivity contribution in [1.29, 1.82) is 0 Å². The van der Waals surface area contributed by atoms with Crippen molar-refractivity contribution in [2.75, 3.05) is 13.2 Å². The van der Waals surface area contributed by atoms with Gasteiger partial charge in [0.25, 0.3) is 0 Å². The first-order valence-electron chi connectivity index (χ1n) is 6.94. The Bertz CT molecular complexity index is 391. The molecule has 0 radical (unpaired) electrons. The summed E-state index contributed by atoms with van der Waals surface area (Å²) in [7, 11) is 0. The predicted octanol–water partition coefficient (Wildman–Crippen LogP) is 2.40. The van der Waals surface area contributed by atoms with Crippen LogP contribution in [0.15, 0.2) is 30.3 Å². The van der Waals surface area contributed by atoms with Gasteiger partial charge < -0.3 is 14.6 Å². The van der Waals surface area contributed by atoms with Crippen molar-refractivity contribution in [3.8, 4) is 0 Å². The van der Waals surface area contributed by atoms with Gasteiger partial charge in [-0.05, 0) is 5.56 Å². The Kier molecular flexibility index (Phi) is 7.26. The molecule has 0 aliphatic heterocycles. The van der Waals surface area contributed by atoms with Crippen LogP contribution in [0, 0.1) is 11.8 Å². The van der Waals surface area contributed by atoms with E-state index >= 15 is 0 Å². The third kappa shape index (κ3) is 5.72. The zero-order valence-corrected chi connectivity index (χ0v) is 12.4. The molecule has 0 amide bonds. The average Bonchev–Trinajstić information content (AvgIpc) is 2.44. The van der Waals surface area contributed by atoms with Crippen molar-refractivity contribution in [2.24, 2.45) is 11.8 Å². The number of aliphatic hydroxyl groups is 1. The SMILES string of the molecule is CC(=O)OC(C(C)CO)C(C)COCc1ccccc1. The van der Waals surface area contributed by atoms with Crippen LogP contribution in [0.4, 0.5) is 0 Å². The number of carbonyl (C=O) groups excluding carboxylic acids is 1. The van der Waals surface area contributed by atoms with Crippen molar-refractivity contribution in [3.63, 3.8) is 0 Å². The molecule has 0 heterocycles. The van der Waals surface area contributed by atoms with E-state index in [-0.39, 0.29) is 30.5 Å². The Morgan fingerprint density at radius 2 is 1.85 bits per heavy atom. The quantitative estimate of drug-likeness (QED) is 0.743. The van der Waals surface area contributed by atoms with Gasteiger partial charge in [0.1, 0.15) is 6.10 Å². The van der Waals surface area contributed by atoms with Crippen LogP contribution in [0.5, 0.6) is 0 Å². The molecule has 0 fully saturated rings. The molecule has 0 aliphatic rings. The van der Waals surface area contributed by atoms with Crippen LogP contribution in [-0.4, -0.2) is 30.4 Å². The van der Waals surface area contributed by atoms with E-state index in [0.717, 1.165) is 5.56 Å². The average molecular weight is 280 g/mol. The highest BCUT2D eigenvalue weighted by Crippen LogP contribution is 2.18. The molecule has 112 valence electrons. The van der Waals surface area contributed by atoms with Gasteiger partial charge in [0.05, 0.1) is 13.2 Å². The summed E-state index contributed by atoms with van der Waals surface area (Å²) < 4.78 is 11.0. The summed E-state index contributed by atoms with van der Waals surface area (Å²) in [6, 6.07) is 9.91. The smallest absolute Gasteiger partial charge is 0.302 e. The van der Waals surface area contributed by atoms with E-state index in [2.05, 4.69) is 0 Å². The lowest BCUT2D eigenvalue weighted by Gasteiger charge is -2.27. The molecule has 3 atom stereocenters. The Morgan fingerprint density at radius 3 is 2.40 bits per heavy atom. The largest absolute Gasteiger partial charge is 0.462 e. The number of carbonyl (C=O) groups is 1. The van der Waals surface area contributed by atoms with Crippen LogP contribution in [0.25, 0.3) is 0 Å². The lowest BCUT2D eigenvalue weighted by Crippen LogP contribution is -2.35. The molecule has 0 saturated carbocycles. The normalized spacial score (nSPS) is 15.4. The molecule has 20 heavy (non-hydrogen) atoms. The van der Waals surface area contributed by atoms with Crippen molar-refractivity contribution in [2.45, 2.75) is 33.5 Å². The van der Waals surface area contributed by atoms with E-state index in [1.54, 1.807) is 0 Å². The van der Waals surface area contributed by atoms with Gasteiger partial charge in [0, 0.05) is 25.4 Å². The van der Waals surface area contributed by atoms with Crippen LogP contribution >= 0.6 is 0 Å². The summed E-state index contributed by atoms with van der Waals surface area (Å²) in [5.74, 6) is -0.399. The molecule has 1 rings (SSSR count). The summed E-state index contributed by atoms with van der Waals surface area (Å²) in [5, 5.41) is 9.24. The maximum atomic E-state index is 11.1. The second-order valence-corrected chi connectivity index (χ2v) is 5.21. The van der Waals surface area contributed by atoms with Crippen molar-refractivity contribution in [3.05, 3.63) is 35.9 Å². The first kappa shape index (κ1) is 16.7. The minimum atomic E-state index is -0.329. The fraction of sp³-hybridized carbons (Fsp3) is 0.562. The monoisotopic (exact) mass is 280 g/mol. The van der Waals surface area contributed by atoms with Gasteiger partial charge in [-0.2, -0.15) is 0 Å². The lowest BCUT2D eigenvalue weighted by atomic mass is 9.94. The Labute approximate surface area is 120 Å². The maximum absolute atomic E-state index is 11.1. The zero-order valence-electron chi connectivity index (χ0n) is 12.4. The molecular weight excluding hydrogens is 256 g/mol. The van der Waals surface area contributed by atoms with Gasteiger partial charge in [-0.3, -0.25) is 4.79 Å². The van der Waals surface area contributed by atoms with Crippen molar-refractivity contribution >= 4 is 5.97 Å². The van der Waals surface area contributed by atoms with Crippen LogP contribution in [-0.2, 0) is 20.9 Å². The standard InChI is InChI=1S/C16H24O4/c1-12(9-17)16(20-14(3)18)13(2)10-19-11-15-7-5-4-6-8-15/h4-8,12-13,16-17H,9-11H2,1-3H3. The number of benzene rings is 1. The summed E-state index contributed by atoms with van der Waals surface area (Å²) in [6.07, 6.45) is -0.326. The van der Waals surface area contributed by atoms with Crippen molar-refractivity contribution < 1.29 is 19.4 Å². The molecule has 0 aliphatic carbocycles. The maximum Gasteiger partial charge on any atom is 0.302 e. The first-order chi connectivity index (χ1) is 9.54. The zero-order chi connectivity index (χ0) is 15.0. The highest BCUT2D eigenvalue weighted by Gasteiger charge is 2.26. The van der Waals surface area contributed by atoms with Crippen LogP contribution < -0.4 is 0 Å². The number of esters is 1. The van der Waals surface area contributed by atoms with E-state index in [1.807, 2.05) is 44.2 Å². The van der Waals surface area contributed by atoms with E-state index in [9.17, 15) is 9.90 Å². The minimum absolute atomic E-state index is 0.0129. The van der Waals surface area contributed by atoms with Crippen LogP contribution in [0.1, 0.15) is 26.3 Å². The Morgan fingerprint density at radius 1 is 1.20 bits per heavy atom. The Hall–Kier alpha value is -1.39. The molecular formula is C16H24O4. The van der Waals surface area contributed by atoms with Gasteiger partial charge >= 0.3 is 5.97 Å². The fourth-order valence-electron chi connectivity index (χ4n) is 2.12. The third-order valence-corrected chi connectivity index (χ3v) is 3.20. The summed E-state index contributed by atoms with van der Waals surface area (Å²) in [6.45, 7) is 6.21. The van der Waals surface area contributed by atoms with Gasteiger partial charge in [0.15, 0.2) is 0 Å². The molecule has 1 aromatic rings. The van der Waals surface area contributed by atoms with Gasteiger partial charge in [-0.1, -0.05) is 44.2 Å². The molecule has 1 N–H and O–H groups in total. The highest BCUT2D eigenvalue weighted by molar-refractivity contribution is 5.66. The predicted molar refractivity (Wildman–Crippen MR) is 77.1 cm³/mol. The second kappa shape index (κ2) is 8.72. The van der Waals surface area contributed by atoms with Crippen LogP contribution in [0.3, 0.4) is 0 Å². The topological polar surface area (TPSA) is 55.8 Å². The number of rotatable bonds is 8. The summed E-state index contributed by atoms with van der Waals surface area (Å²) in [5.41, 5.74) is 1.11. The number of hydrogen-bond donors (Lipinski definition) is 1. The summed E-state index contributed by atoms with van der Waals surface area (Å²) >= 11 is 0. The lowest BCUT2D eigenvalue weighted by molar-refractivity contribution is -0.154. The molecule has 0 spiro atoms. The molecule has 0 aromatic heterocycles. The molecule has 4 heteroatoms. The third-order valence-electron chi connectivity index (χ3n) is 3.20. The molecule has 4 nitrogen and oxygen atoms in total. The number of aliphatic hydroxyl groups excluding tert-OH is 1. The first-order valence-corrected chi connectivity index (χ1v) is 6.94. The van der Waals surface area contributed by atoms with Gasteiger partial charge in [-0.15, -0.1) is 0 Å². The van der Waals surface area contributed by atoms with E-state index in [1.165, 1.54) is 6.92 Å². The van der Waals surface area contributed by atoms with Gasteiger partial charge in [-0.25, -0.2) is 0 Å². The number of hydrogen-bond acceptors (Lipinski definition) is 4. The number of ether oxygens (including phenoxy) is 2. The van der Waals surface area contributed by atoms with Gasteiger partial charge in [0.2, 0.25) is 0 Å². The van der Waals surface area contributed by atoms with Crippen LogP contribution in [0.2, 0.25) is 0 Å². The molecule has 0 bridgehead atoms. The van der Waals surface area contributed by atoms with E-state index in [4.69, 9.17) is 9.47 Å². The molecule has 3 unspecified atom stereocenters. The summed E-state index contributed by atoms with van der Waals surface area (Å²) in [4.78, 5) is 11.1. The molecule has 1 aromatic carbocycles. The van der Waals surface area contributed by atoms with E-state index in [0.29, 0.717) is 13.2 Å². The Balaban J connectivity index is 2.45.